The molecule has 0 radical (unpaired) electrons. The van der Waals surface area contributed by atoms with Gasteiger partial charge in [-0.3, -0.25) is 19.3 Å². The molecule has 1 aliphatic rings. The van der Waals surface area contributed by atoms with Crippen molar-refractivity contribution >= 4 is 11.8 Å². The summed E-state index contributed by atoms with van der Waals surface area (Å²) < 4.78 is 1.70. The second kappa shape index (κ2) is 10.4. The summed E-state index contributed by atoms with van der Waals surface area (Å²) in [4.78, 5) is 33.4. The van der Waals surface area contributed by atoms with E-state index in [-0.39, 0.29) is 24.4 Å². The van der Waals surface area contributed by atoms with E-state index in [1.54, 1.807) is 22.0 Å². The molecule has 2 unspecified atom stereocenters. The molecule has 0 bridgehead atoms. The molecule has 4 rings (SSSR count). The van der Waals surface area contributed by atoms with Crippen LogP contribution in [0.2, 0.25) is 0 Å². The summed E-state index contributed by atoms with van der Waals surface area (Å²) in [5.41, 5.74) is 3.22. The lowest BCUT2D eigenvalue weighted by molar-refractivity contribution is -0.134. The fourth-order valence-electron chi connectivity index (χ4n) is 4.68. The van der Waals surface area contributed by atoms with Gasteiger partial charge >= 0.3 is 0 Å². The second-order valence-corrected chi connectivity index (χ2v) is 9.52. The molecule has 2 atom stereocenters. The first-order valence-corrected chi connectivity index (χ1v) is 12.6. The Bertz CT molecular complexity index is 1170. The van der Waals surface area contributed by atoms with Gasteiger partial charge in [0.15, 0.2) is 0 Å². The summed E-state index contributed by atoms with van der Waals surface area (Å²) >= 11 is 0. The zero-order valence-corrected chi connectivity index (χ0v) is 21.1. The molecule has 0 aliphatic carbocycles. The number of carbonyl (C=O) groups is 2. The van der Waals surface area contributed by atoms with Crippen molar-refractivity contribution in [2.45, 2.75) is 78.0 Å². The Kier molecular flexibility index (Phi) is 7.34. The van der Waals surface area contributed by atoms with Crippen LogP contribution >= 0.6 is 0 Å². The molecular formula is C28H35N5O2. The largest absolute Gasteiger partial charge is 0.351 e. The van der Waals surface area contributed by atoms with Crippen LogP contribution < -0.4 is 5.32 Å². The van der Waals surface area contributed by atoms with Gasteiger partial charge in [0.2, 0.25) is 5.91 Å². The van der Waals surface area contributed by atoms with E-state index in [4.69, 9.17) is 5.10 Å². The van der Waals surface area contributed by atoms with Gasteiger partial charge in [0, 0.05) is 30.5 Å². The molecule has 7 heteroatoms. The molecule has 2 amide bonds. The van der Waals surface area contributed by atoms with Crippen molar-refractivity contribution in [3.05, 3.63) is 71.7 Å². The first-order chi connectivity index (χ1) is 16.9. The van der Waals surface area contributed by atoms with Gasteiger partial charge in [0.05, 0.1) is 12.2 Å². The number of benzene rings is 1. The molecule has 0 saturated carbocycles. The van der Waals surface area contributed by atoms with Gasteiger partial charge in [0.25, 0.3) is 5.91 Å². The molecule has 0 fully saturated rings. The van der Waals surface area contributed by atoms with Crippen molar-refractivity contribution in [3.63, 3.8) is 0 Å². The van der Waals surface area contributed by atoms with Gasteiger partial charge in [-0.15, -0.1) is 0 Å². The highest BCUT2D eigenvalue weighted by Gasteiger charge is 2.48. The standard InChI is InChI=1S/C28H35N5O2/c1-5-9-23(7-3)30-27(35)28(4)19-33-25(26(34)32(28)18-21-10-8-15-29-17-21)16-24(31-33)22-13-11-20(6-2)12-14-22/h8,10-17,23H,5-7,9,18-19H2,1-4H3,(H,30,35). The third-order valence-electron chi connectivity index (χ3n) is 6.97. The molecule has 0 saturated heterocycles. The number of fused-ring (bicyclic) bond motifs is 1. The zero-order chi connectivity index (χ0) is 25.0. The van der Waals surface area contributed by atoms with Crippen molar-refractivity contribution in [1.29, 1.82) is 0 Å². The van der Waals surface area contributed by atoms with E-state index in [0.717, 1.165) is 42.5 Å². The molecule has 0 spiro atoms. The Morgan fingerprint density at radius 3 is 2.54 bits per heavy atom. The van der Waals surface area contributed by atoms with Crippen LogP contribution in [0.25, 0.3) is 11.3 Å². The number of aryl methyl sites for hydroxylation is 1. The minimum atomic E-state index is -1.09. The summed E-state index contributed by atoms with van der Waals surface area (Å²) in [5, 5.41) is 7.97. The first kappa shape index (κ1) is 24.6. The molecule has 3 aromatic rings. The minimum Gasteiger partial charge on any atom is -0.351 e. The number of nitrogens with one attached hydrogen (secondary N) is 1. The lowest BCUT2D eigenvalue weighted by Gasteiger charge is -2.43. The van der Waals surface area contributed by atoms with Crippen molar-refractivity contribution in [2.24, 2.45) is 0 Å². The minimum absolute atomic E-state index is 0.0753. The number of hydrogen-bond donors (Lipinski definition) is 1. The second-order valence-electron chi connectivity index (χ2n) is 9.52. The number of pyridine rings is 1. The summed E-state index contributed by atoms with van der Waals surface area (Å²) in [6.45, 7) is 8.73. The Balaban J connectivity index is 1.71. The molecular weight excluding hydrogens is 438 g/mol. The predicted molar refractivity (Wildman–Crippen MR) is 137 cm³/mol. The fourth-order valence-corrected chi connectivity index (χ4v) is 4.68. The van der Waals surface area contributed by atoms with Crippen LogP contribution in [-0.2, 0) is 24.3 Å². The van der Waals surface area contributed by atoms with Crippen molar-refractivity contribution < 1.29 is 9.59 Å². The van der Waals surface area contributed by atoms with Crippen LogP contribution in [-0.4, -0.2) is 43.1 Å². The highest BCUT2D eigenvalue weighted by Crippen LogP contribution is 2.31. The van der Waals surface area contributed by atoms with Crippen molar-refractivity contribution in [1.82, 2.24) is 25.0 Å². The SMILES string of the molecule is CCCC(CC)NC(=O)C1(C)Cn2nc(-c3ccc(CC)cc3)cc2C(=O)N1Cc1cccnc1. The van der Waals surface area contributed by atoms with E-state index in [1.807, 2.05) is 37.3 Å². The molecule has 1 N–H and O–H groups in total. The molecule has 1 aromatic carbocycles. The van der Waals surface area contributed by atoms with E-state index in [0.29, 0.717) is 12.2 Å². The predicted octanol–water partition coefficient (Wildman–Crippen LogP) is 4.62. The van der Waals surface area contributed by atoms with Crippen LogP contribution in [0.1, 0.15) is 68.6 Å². The third-order valence-corrected chi connectivity index (χ3v) is 6.97. The maximum atomic E-state index is 13.8. The van der Waals surface area contributed by atoms with Crippen LogP contribution in [0.15, 0.2) is 54.9 Å². The number of aromatic nitrogens is 3. The van der Waals surface area contributed by atoms with Crippen LogP contribution in [0, 0.1) is 0 Å². The quantitative estimate of drug-likeness (QED) is 0.492. The van der Waals surface area contributed by atoms with Crippen LogP contribution in [0.3, 0.4) is 0 Å². The number of carbonyl (C=O) groups excluding carboxylic acids is 2. The number of hydrogen-bond acceptors (Lipinski definition) is 4. The maximum absolute atomic E-state index is 13.8. The average molecular weight is 474 g/mol. The summed E-state index contributed by atoms with van der Waals surface area (Å²) in [6, 6.07) is 13.9. The summed E-state index contributed by atoms with van der Waals surface area (Å²) in [6.07, 6.45) is 7.14. The van der Waals surface area contributed by atoms with Crippen LogP contribution in [0.4, 0.5) is 0 Å². The molecule has 1 aliphatic heterocycles. The van der Waals surface area contributed by atoms with Crippen molar-refractivity contribution in [3.8, 4) is 11.3 Å². The highest BCUT2D eigenvalue weighted by atomic mass is 16.2. The van der Waals surface area contributed by atoms with Crippen molar-refractivity contribution in [2.75, 3.05) is 0 Å². The average Bonchev–Trinajstić information content (AvgIpc) is 3.30. The maximum Gasteiger partial charge on any atom is 0.273 e. The smallest absolute Gasteiger partial charge is 0.273 e. The Labute approximate surface area is 207 Å². The third kappa shape index (κ3) is 4.99. The molecule has 184 valence electrons. The Hall–Kier alpha value is -3.48. The molecule has 7 nitrogen and oxygen atoms in total. The molecule has 3 heterocycles. The van der Waals surface area contributed by atoms with E-state index in [2.05, 4.69) is 43.2 Å². The first-order valence-electron chi connectivity index (χ1n) is 12.6. The zero-order valence-electron chi connectivity index (χ0n) is 21.1. The summed E-state index contributed by atoms with van der Waals surface area (Å²) in [7, 11) is 0. The lowest BCUT2D eigenvalue weighted by Crippen LogP contribution is -2.64. The van der Waals surface area contributed by atoms with Gasteiger partial charge in [-0.1, -0.05) is 57.5 Å². The van der Waals surface area contributed by atoms with E-state index >= 15 is 0 Å². The normalized spacial score (nSPS) is 18.3. The van der Waals surface area contributed by atoms with Gasteiger partial charge in [0.1, 0.15) is 11.2 Å². The Morgan fingerprint density at radius 1 is 1.14 bits per heavy atom. The molecule has 35 heavy (non-hydrogen) atoms. The molecule has 2 aromatic heterocycles. The van der Waals surface area contributed by atoms with Gasteiger partial charge in [-0.25, -0.2) is 0 Å². The monoisotopic (exact) mass is 473 g/mol. The van der Waals surface area contributed by atoms with Gasteiger partial charge in [-0.2, -0.15) is 5.10 Å². The van der Waals surface area contributed by atoms with E-state index in [1.165, 1.54) is 5.56 Å². The van der Waals surface area contributed by atoms with Gasteiger partial charge in [-0.05, 0) is 49.4 Å². The fraction of sp³-hybridized carbons (Fsp3) is 0.429. The number of amides is 2. The topological polar surface area (TPSA) is 80.1 Å². The number of rotatable bonds is 9. The summed E-state index contributed by atoms with van der Waals surface area (Å²) in [5.74, 6) is -0.352. The lowest BCUT2D eigenvalue weighted by atomic mass is 9.93. The Morgan fingerprint density at radius 2 is 1.91 bits per heavy atom. The van der Waals surface area contributed by atoms with Gasteiger partial charge < -0.3 is 10.2 Å². The highest BCUT2D eigenvalue weighted by molar-refractivity contribution is 6.00. The number of nitrogens with zero attached hydrogens (tertiary/aromatic N) is 4. The van der Waals surface area contributed by atoms with Crippen LogP contribution in [0.5, 0.6) is 0 Å². The van der Waals surface area contributed by atoms with E-state index in [9.17, 15) is 9.59 Å². The van der Waals surface area contributed by atoms with E-state index < -0.39 is 5.54 Å².